The van der Waals surface area contributed by atoms with E-state index < -0.39 is 16.0 Å². The van der Waals surface area contributed by atoms with Crippen molar-refractivity contribution in [2.45, 2.75) is 19.3 Å². The van der Waals surface area contributed by atoms with Crippen molar-refractivity contribution in [2.75, 3.05) is 13.7 Å². The molecule has 0 bridgehead atoms. The van der Waals surface area contributed by atoms with Crippen molar-refractivity contribution in [1.29, 1.82) is 0 Å². The maximum Gasteiger partial charge on any atom is 0.403 e. The molecule has 0 saturated heterocycles. The van der Waals surface area contributed by atoms with Gasteiger partial charge in [0.25, 0.3) is 0 Å². The smallest absolute Gasteiger partial charge is 0.403 e. The molecule has 20 heavy (non-hydrogen) atoms. The number of nitrogens with one attached hydrogen (secondary N) is 1. The highest BCUT2D eigenvalue weighted by Crippen LogP contribution is 2.36. The molecule has 1 aliphatic heterocycles. The van der Waals surface area contributed by atoms with Crippen molar-refractivity contribution in [3.63, 3.8) is 0 Å². The van der Waals surface area contributed by atoms with Crippen LogP contribution in [0.2, 0.25) is 0 Å². The van der Waals surface area contributed by atoms with Crippen LogP contribution in [0.4, 0.5) is 11.4 Å². The lowest BCUT2D eigenvalue weighted by Gasteiger charge is -2.52. The van der Waals surface area contributed by atoms with Gasteiger partial charge in [0.15, 0.2) is 0 Å². The van der Waals surface area contributed by atoms with E-state index in [1.165, 1.54) is 12.1 Å². The summed E-state index contributed by atoms with van der Waals surface area (Å²) >= 11 is 0. The fraction of sp³-hybridized carbons (Fsp3) is 0.455. The van der Waals surface area contributed by atoms with E-state index >= 15 is 0 Å². The topological polar surface area (TPSA) is 119 Å². The quantitative estimate of drug-likeness (QED) is 0.394. The van der Waals surface area contributed by atoms with Gasteiger partial charge < -0.3 is 10.4 Å². The monoisotopic (exact) mass is 286 g/mol. The van der Waals surface area contributed by atoms with Gasteiger partial charge in [-0.05, 0) is 6.42 Å². The molecule has 0 aliphatic carbocycles. The molecule has 0 aromatic heterocycles. The molecule has 3 atom stereocenters. The molecule has 9 nitrogen and oxygen atoms in total. The van der Waals surface area contributed by atoms with E-state index in [1.54, 1.807) is 19.1 Å². The molecule has 3 unspecified atom stereocenters. The number of methoxy groups -OCH3 is 1. The van der Waals surface area contributed by atoms with E-state index in [0.717, 1.165) is 7.11 Å². The molecule has 0 saturated carbocycles. The summed E-state index contributed by atoms with van der Waals surface area (Å²) in [5.74, 6) is -2.30. The lowest BCUT2D eigenvalue weighted by Crippen LogP contribution is -3.20. The molecule has 0 radical (unpaired) electrons. The zero-order valence-electron chi connectivity index (χ0n) is 11.3. The molecule has 1 heterocycles. The van der Waals surface area contributed by atoms with Crippen LogP contribution < -0.4 is 15.7 Å². The Hall–Kier alpha value is -1.14. The number of ether oxygens (including phenoxy) is 1. The van der Waals surface area contributed by atoms with E-state index in [-0.39, 0.29) is 23.2 Å². The Balaban J connectivity index is 2.58. The second-order valence-corrected chi connectivity index (χ2v) is 4.39. The largest absolute Gasteiger partial charge is 0.624 e. The molecule has 1 aromatic carbocycles. The number of quaternary nitrogens is 2. The lowest BCUT2D eigenvalue weighted by molar-refractivity contribution is -0.918. The minimum atomic E-state index is -2.30. The first-order chi connectivity index (χ1) is 9.41. The summed E-state index contributed by atoms with van der Waals surface area (Å²) in [6.45, 7) is 1.88. The number of hydroxylamine groups is 2. The summed E-state index contributed by atoms with van der Waals surface area (Å²) in [6, 6.07) is 5.99. The molecule has 9 heteroatoms. The number of fused-ring (bicyclic) bond motifs is 1. The first-order valence-electron chi connectivity index (χ1n) is 6.14. The van der Waals surface area contributed by atoms with Gasteiger partial charge in [-0.2, -0.15) is 4.84 Å². The summed E-state index contributed by atoms with van der Waals surface area (Å²) in [5.41, 5.74) is 5.72. The predicted octanol–water partition coefficient (Wildman–Crippen LogP) is -0.316. The second-order valence-electron chi connectivity index (χ2n) is 4.39. The van der Waals surface area contributed by atoms with Crippen molar-refractivity contribution in [3.8, 4) is 0 Å². The normalized spacial score (nSPS) is 34.0. The molecule has 0 spiro atoms. The van der Waals surface area contributed by atoms with Crippen LogP contribution in [0.5, 0.6) is 0 Å². The third-order valence-electron chi connectivity index (χ3n) is 3.11. The number of rotatable bonds is 4. The van der Waals surface area contributed by atoms with Gasteiger partial charge >= 0.3 is 5.97 Å². The van der Waals surface area contributed by atoms with Gasteiger partial charge in [-0.15, -0.1) is 0 Å². The number of hydrogen-bond acceptors (Lipinski definition) is 7. The zero-order valence-corrected chi connectivity index (χ0v) is 11.3. The molecule has 0 fully saturated rings. The first kappa shape index (κ1) is 15.3. The van der Waals surface area contributed by atoms with Gasteiger partial charge in [-0.25, -0.2) is 5.73 Å². The molecule has 1 aromatic rings. The van der Waals surface area contributed by atoms with Crippen molar-refractivity contribution < 1.29 is 19.8 Å². The average Bonchev–Trinajstić information content (AvgIpc) is 2.49. The fourth-order valence-corrected chi connectivity index (χ4v) is 2.01. The number of para-hydroxylation sites is 1. The van der Waals surface area contributed by atoms with Crippen LogP contribution in [-0.2, 0) is 9.57 Å². The standard InChI is InChI=1S/C11H18N4O5/c1-3-8-20-15(18)10-7-5-4-6-9(10)13(16)11(12,19-2)14(15)17/h4-7,13,17H,3,8,12H2,1-2H3. The van der Waals surface area contributed by atoms with Gasteiger partial charge in [0.1, 0.15) is 11.8 Å². The lowest BCUT2D eigenvalue weighted by atomic mass is 10.2. The maximum atomic E-state index is 12.8. The Morgan fingerprint density at radius 3 is 2.75 bits per heavy atom. The van der Waals surface area contributed by atoms with Gasteiger partial charge in [0.2, 0.25) is 11.4 Å². The van der Waals surface area contributed by atoms with Crippen LogP contribution in [0.15, 0.2) is 24.3 Å². The predicted molar refractivity (Wildman–Crippen MR) is 69.4 cm³/mol. The van der Waals surface area contributed by atoms with Crippen LogP contribution in [0.25, 0.3) is 0 Å². The summed E-state index contributed by atoms with van der Waals surface area (Å²) in [7, 11) is 1.12. The average molecular weight is 286 g/mol. The maximum absolute atomic E-state index is 12.8. The molecular formula is C11H18N4O5. The fourth-order valence-electron chi connectivity index (χ4n) is 2.01. The van der Waals surface area contributed by atoms with Crippen LogP contribution >= 0.6 is 0 Å². The minimum Gasteiger partial charge on any atom is -0.624 e. The zero-order chi connectivity index (χ0) is 15.0. The Kier molecular flexibility index (Phi) is 4.07. The van der Waals surface area contributed by atoms with Gasteiger partial charge in [0, 0.05) is 19.2 Å². The summed E-state index contributed by atoms with van der Waals surface area (Å²) in [6.07, 6.45) is 0.552. The SMILES string of the molecule is CCCO[N+]1([O-])c2ccccc2[NH+]([O-])C(N)(OC)N1O. The van der Waals surface area contributed by atoms with Crippen molar-refractivity contribution in [3.05, 3.63) is 34.7 Å². The van der Waals surface area contributed by atoms with Crippen molar-refractivity contribution in [1.82, 2.24) is 10.1 Å². The first-order valence-corrected chi connectivity index (χ1v) is 6.14. The molecular weight excluding hydrogens is 268 g/mol. The van der Waals surface area contributed by atoms with Crippen LogP contribution in [0.3, 0.4) is 0 Å². The van der Waals surface area contributed by atoms with Crippen LogP contribution in [0.1, 0.15) is 13.3 Å². The Morgan fingerprint density at radius 2 is 2.15 bits per heavy atom. The van der Waals surface area contributed by atoms with Gasteiger partial charge in [-0.3, -0.25) is 15.0 Å². The van der Waals surface area contributed by atoms with E-state index in [2.05, 4.69) is 0 Å². The third-order valence-corrected chi connectivity index (χ3v) is 3.11. The van der Waals surface area contributed by atoms with Gasteiger partial charge in [-0.1, -0.05) is 24.0 Å². The Bertz CT molecular complexity index is 490. The van der Waals surface area contributed by atoms with E-state index in [9.17, 15) is 15.6 Å². The van der Waals surface area contributed by atoms with Gasteiger partial charge in [0.05, 0.1) is 0 Å². The number of benzene rings is 1. The van der Waals surface area contributed by atoms with E-state index in [4.69, 9.17) is 15.3 Å². The minimum absolute atomic E-state index is 0.0350. The van der Waals surface area contributed by atoms with Crippen molar-refractivity contribution >= 4 is 11.4 Å². The third kappa shape index (κ3) is 2.02. The summed E-state index contributed by atoms with van der Waals surface area (Å²) in [5, 5.41) is 34.5. The van der Waals surface area contributed by atoms with E-state index in [0.29, 0.717) is 6.42 Å². The molecule has 4 N–H and O–H groups in total. The highest BCUT2D eigenvalue weighted by Gasteiger charge is 2.59. The Labute approximate surface area is 115 Å². The second kappa shape index (κ2) is 5.33. The number of nitrogens with two attached hydrogens (primary N) is 1. The van der Waals surface area contributed by atoms with E-state index in [1.807, 2.05) is 0 Å². The summed E-state index contributed by atoms with van der Waals surface area (Å²) < 4.78 is 4.84. The number of nitrogens with zero attached hydrogens (tertiary/aromatic N) is 2. The highest BCUT2D eigenvalue weighted by atomic mass is 17.0. The van der Waals surface area contributed by atoms with Crippen LogP contribution in [0, 0.1) is 10.4 Å². The molecule has 112 valence electrons. The van der Waals surface area contributed by atoms with Crippen molar-refractivity contribution in [2.24, 2.45) is 5.73 Å². The highest BCUT2D eigenvalue weighted by molar-refractivity contribution is 5.60. The molecule has 0 amide bonds. The summed E-state index contributed by atoms with van der Waals surface area (Å²) in [4.78, 5) is 3.43. The van der Waals surface area contributed by atoms with Crippen LogP contribution in [-0.4, -0.2) is 30.1 Å². The number of hydrogen-bond donors (Lipinski definition) is 3. The molecule has 2 rings (SSSR count). The Morgan fingerprint density at radius 1 is 1.50 bits per heavy atom. The molecule has 1 aliphatic rings.